The molecular weight excluding hydrogens is 605 g/mol. The Morgan fingerprint density at radius 1 is 0.902 bits per heavy atom. The van der Waals surface area contributed by atoms with E-state index in [1.54, 1.807) is 18.2 Å². The molecule has 0 fully saturated rings. The van der Waals surface area contributed by atoms with E-state index >= 15 is 0 Å². The lowest BCUT2D eigenvalue weighted by Crippen LogP contribution is -2.35. The van der Waals surface area contributed by atoms with E-state index in [0.29, 0.717) is 27.7 Å². The summed E-state index contributed by atoms with van der Waals surface area (Å²) in [4.78, 5) is 37.6. The van der Waals surface area contributed by atoms with Gasteiger partial charge < -0.3 is 20.1 Å². The average Bonchev–Trinajstić information content (AvgIpc) is 2.93. The van der Waals surface area contributed by atoms with Gasteiger partial charge in [0.15, 0.2) is 0 Å². The van der Waals surface area contributed by atoms with Gasteiger partial charge in [0, 0.05) is 29.7 Å². The third-order valence-corrected chi connectivity index (χ3v) is 6.96. The van der Waals surface area contributed by atoms with Gasteiger partial charge in [-0.05, 0) is 59.4 Å². The highest BCUT2D eigenvalue weighted by atomic mass is 79.9. The van der Waals surface area contributed by atoms with Crippen LogP contribution in [0.2, 0.25) is 0 Å². The largest absolute Gasteiger partial charge is 0.573 e. The summed E-state index contributed by atoms with van der Waals surface area (Å²) in [6, 6.07) is 17.7. The Hall–Kier alpha value is -3.86. The Morgan fingerprint density at radius 3 is 2.12 bits per heavy atom. The van der Waals surface area contributed by atoms with Gasteiger partial charge in [-0.3, -0.25) is 9.59 Å². The second-order valence-electron chi connectivity index (χ2n) is 9.42. The summed E-state index contributed by atoms with van der Waals surface area (Å²) in [6.45, 7) is 2.21. The molecule has 0 saturated carbocycles. The van der Waals surface area contributed by atoms with E-state index in [2.05, 4.69) is 45.0 Å². The Balaban J connectivity index is 1.63. The lowest BCUT2D eigenvalue weighted by molar-refractivity contribution is -0.274. The highest BCUT2D eigenvalue weighted by Gasteiger charge is 2.31. The Morgan fingerprint density at radius 2 is 1.54 bits per heavy atom. The highest BCUT2D eigenvalue weighted by molar-refractivity contribution is 9.10. The van der Waals surface area contributed by atoms with Crippen LogP contribution in [0.25, 0.3) is 0 Å². The number of rotatable bonds is 12. The van der Waals surface area contributed by atoms with Crippen molar-refractivity contribution in [2.75, 3.05) is 0 Å². The maximum absolute atomic E-state index is 12.7. The van der Waals surface area contributed by atoms with Crippen LogP contribution >= 0.6 is 15.9 Å². The second kappa shape index (κ2) is 14.7. The van der Waals surface area contributed by atoms with E-state index in [1.807, 2.05) is 12.1 Å². The van der Waals surface area contributed by atoms with Crippen LogP contribution in [-0.4, -0.2) is 34.2 Å². The molecule has 0 bridgehead atoms. The van der Waals surface area contributed by atoms with Crippen molar-refractivity contribution in [2.45, 2.75) is 58.6 Å². The molecule has 0 unspecified atom stereocenters. The van der Waals surface area contributed by atoms with Crippen LogP contribution in [0.3, 0.4) is 0 Å². The molecule has 3 aromatic rings. The molecule has 2 amide bonds. The van der Waals surface area contributed by atoms with Crippen LogP contribution < -0.4 is 10.1 Å². The number of carbonyl (C=O) groups excluding carboxylic acids is 2. The van der Waals surface area contributed by atoms with Crippen molar-refractivity contribution in [1.29, 1.82) is 0 Å². The number of halogens is 4. The van der Waals surface area contributed by atoms with Gasteiger partial charge in [0.1, 0.15) is 5.75 Å². The molecule has 2 N–H and O–H groups in total. The molecule has 0 atom stereocenters. The molecule has 0 saturated heterocycles. The summed E-state index contributed by atoms with van der Waals surface area (Å²) in [5.41, 5.74) is 3.53. The quantitative estimate of drug-likeness (QED) is 0.172. The fourth-order valence-corrected chi connectivity index (χ4v) is 4.57. The number of hydrogen-bond donors (Lipinski definition) is 2. The van der Waals surface area contributed by atoms with Gasteiger partial charge in [-0.25, -0.2) is 4.79 Å². The molecule has 0 heterocycles. The molecule has 3 rings (SSSR count). The normalized spacial score (nSPS) is 11.1. The van der Waals surface area contributed by atoms with Gasteiger partial charge >= 0.3 is 18.2 Å². The lowest BCUT2D eigenvalue weighted by atomic mass is 10.1. The number of nitrogens with one attached hydrogen (secondary N) is 1. The van der Waals surface area contributed by atoms with Crippen LogP contribution in [0.1, 0.15) is 58.8 Å². The topological polar surface area (TPSA) is 95.9 Å². The number of nitrogens with zero attached hydrogens (tertiary/aromatic N) is 1. The van der Waals surface area contributed by atoms with Gasteiger partial charge in [-0.1, -0.05) is 78.2 Å². The lowest BCUT2D eigenvalue weighted by Gasteiger charge is -2.22. The van der Waals surface area contributed by atoms with Crippen molar-refractivity contribution in [3.05, 3.63) is 99.0 Å². The summed E-state index contributed by atoms with van der Waals surface area (Å²) in [7, 11) is 0. The summed E-state index contributed by atoms with van der Waals surface area (Å²) in [5, 5.41) is 12.2. The number of alkyl halides is 3. The van der Waals surface area contributed by atoms with Crippen molar-refractivity contribution in [3.63, 3.8) is 0 Å². The number of carboxylic acids is 1. The first-order chi connectivity index (χ1) is 19.4. The minimum Gasteiger partial charge on any atom is -0.474 e. The van der Waals surface area contributed by atoms with Crippen molar-refractivity contribution in [3.8, 4) is 5.75 Å². The molecule has 0 aliphatic rings. The minimum absolute atomic E-state index is 0.126. The standard InChI is InChI=1S/C30H30BrF3N2O5/c1-2-3-4-5-20-6-8-21(9-7-20)17-35-27(37)23-12-13-24(26(31)16-23)19-36(28(38)29(39)40)18-22-10-14-25(15-11-22)41-30(32,33)34/h6-16H,2-5,17-19H2,1H3,(H,35,37)(H,39,40). The fraction of sp³-hybridized carbons (Fsp3) is 0.300. The summed E-state index contributed by atoms with van der Waals surface area (Å²) < 4.78 is 41.6. The maximum Gasteiger partial charge on any atom is 0.573 e. The number of benzene rings is 3. The number of aliphatic carboxylic acids is 1. The predicted octanol–water partition coefficient (Wildman–Crippen LogP) is 6.62. The smallest absolute Gasteiger partial charge is 0.474 e. The number of ether oxygens (including phenoxy) is 1. The second-order valence-corrected chi connectivity index (χ2v) is 10.3. The number of unbranched alkanes of at least 4 members (excludes halogenated alkanes) is 2. The number of amides is 2. The molecule has 0 spiro atoms. The molecule has 3 aromatic carbocycles. The molecule has 0 radical (unpaired) electrons. The number of carbonyl (C=O) groups is 3. The summed E-state index contributed by atoms with van der Waals surface area (Å²) in [5.74, 6) is -3.61. The SMILES string of the molecule is CCCCCc1ccc(CNC(=O)c2ccc(CN(Cc3ccc(OC(F)(F)F)cc3)C(=O)C(=O)O)c(Br)c2)cc1. The molecule has 41 heavy (non-hydrogen) atoms. The molecule has 11 heteroatoms. The first kappa shape index (κ1) is 31.7. The Labute approximate surface area is 244 Å². The van der Waals surface area contributed by atoms with E-state index < -0.39 is 24.0 Å². The van der Waals surface area contributed by atoms with Crippen LogP contribution in [0, 0.1) is 0 Å². The highest BCUT2D eigenvalue weighted by Crippen LogP contribution is 2.25. The molecule has 0 aromatic heterocycles. The van der Waals surface area contributed by atoms with Crippen LogP contribution in [0.15, 0.2) is 71.2 Å². The zero-order valence-corrected chi connectivity index (χ0v) is 23.9. The zero-order valence-electron chi connectivity index (χ0n) is 22.3. The average molecular weight is 635 g/mol. The van der Waals surface area contributed by atoms with E-state index in [4.69, 9.17) is 0 Å². The van der Waals surface area contributed by atoms with E-state index in [1.165, 1.54) is 30.5 Å². The number of hydrogen-bond acceptors (Lipinski definition) is 4. The van der Waals surface area contributed by atoms with Gasteiger partial charge in [-0.2, -0.15) is 0 Å². The number of carboxylic acid groups (broad SMARTS) is 1. The Kier molecular flexibility index (Phi) is 11.3. The molecule has 0 aliphatic carbocycles. The van der Waals surface area contributed by atoms with Crippen molar-refractivity contribution < 1.29 is 37.4 Å². The molecule has 218 valence electrons. The Bertz CT molecular complexity index is 1350. The predicted molar refractivity (Wildman–Crippen MR) is 150 cm³/mol. The van der Waals surface area contributed by atoms with Gasteiger partial charge in [0.25, 0.3) is 5.91 Å². The third kappa shape index (κ3) is 10.2. The van der Waals surface area contributed by atoms with E-state index in [0.717, 1.165) is 35.4 Å². The summed E-state index contributed by atoms with van der Waals surface area (Å²) in [6.07, 6.45) is -0.312. The van der Waals surface area contributed by atoms with Gasteiger partial charge in [0.05, 0.1) is 0 Å². The van der Waals surface area contributed by atoms with Crippen LogP contribution in [0.4, 0.5) is 13.2 Å². The molecular formula is C30H30BrF3N2O5. The molecule has 7 nitrogen and oxygen atoms in total. The van der Waals surface area contributed by atoms with E-state index in [-0.39, 0.29) is 19.0 Å². The summed E-state index contributed by atoms with van der Waals surface area (Å²) >= 11 is 3.39. The van der Waals surface area contributed by atoms with Crippen LogP contribution in [0.5, 0.6) is 5.75 Å². The third-order valence-electron chi connectivity index (χ3n) is 6.22. The van der Waals surface area contributed by atoms with Crippen molar-refractivity contribution in [1.82, 2.24) is 10.2 Å². The first-order valence-corrected chi connectivity index (χ1v) is 13.8. The van der Waals surface area contributed by atoms with Crippen LogP contribution in [-0.2, 0) is 35.6 Å². The molecule has 0 aliphatic heterocycles. The van der Waals surface area contributed by atoms with Gasteiger partial charge in [0.2, 0.25) is 0 Å². The van der Waals surface area contributed by atoms with Gasteiger partial charge in [-0.15, -0.1) is 13.2 Å². The first-order valence-electron chi connectivity index (χ1n) is 13.0. The maximum atomic E-state index is 12.7. The monoisotopic (exact) mass is 634 g/mol. The van der Waals surface area contributed by atoms with Crippen molar-refractivity contribution in [2.24, 2.45) is 0 Å². The fourth-order valence-electron chi connectivity index (χ4n) is 4.06. The minimum atomic E-state index is -4.85. The number of aryl methyl sites for hydroxylation is 1. The van der Waals surface area contributed by atoms with E-state index in [9.17, 15) is 32.7 Å². The zero-order chi connectivity index (χ0) is 30.0. The van der Waals surface area contributed by atoms with Crippen molar-refractivity contribution >= 4 is 33.7 Å².